The molecule has 28 heavy (non-hydrogen) atoms. The van der Waals surface area contributed by atoms with Crippen LogP contribution < -0.4 is 4.72 Å². The molecule has 1 fully saturated rings. The third-order valence-electron chi connectivity index (χ3n) is 5.23. The van der Waals surface area contributed by atoms with Crippen LogP contribution in [0.4, 0.5) is 0 Å². The maximum absolute atomic E-state index is 12.0. The van der Waals surface area contributed by atoms with Crippen LogP contribution in [0, 0.1) is 0 Å². The average molecular weight is 419 g/mol. The van der Waals surface area contributed by atoms with Crippen molar-refractivity contribution in [2.24, 2.45) is 0 Å². The molecule has 1 aromatic carbocycles. The lowest BCUT2D eigenvalue weighted by atomic mass is 9.85. The fourth-order valence-corrected chi connectivity index (χ4v) is 6.16. The van der Waals surface area contributed by atoms with Gasteiger partial charge in [0.2, 0.25) is 0 Å². The van der Waals surface area contributed by atoms with Crippen LogP contribution in [0.2, 0.25) is 0 Å². The number of hydrogen-bond donors (Lipinski definition) is 2. The number of sulfonamides is 1. The second-order valence-corrected chi connectivity index (χ2v) is 10.2. The SMILES string of the molecule is O=C1C=C(c2ccc(CN3CCC(O)(Cc4ccccc4)CC3)s2)S(=O)(=O)N1. The van der Waals surface area contributed by atoms with E-state index in [1.807, 2.05) is 41.1 Å². The zero-order valence-corrected chi connectivity index (χ0v) is 16.9. The summed E-state index contributed by atoms with van der Waals surface area (Å²) in [7, 11) is -3.73. The molecule has 2 aromatic rings. The molecule has 1 saturated heterocycles. The van der Waals surface area contributed by atoms with Crippen LogP contribution in [0.25, 0.3) is 4.91 Å². The summed E-state index contributed by atoms with van der Waals surface area (Å²) in [4.78, 5) is 15.3. The molecule has 0 atom stereocenters. The van der Waals surface area contributed by atoms with Crippen molar-refractivity contribution in [3.8, 4) is 0 Å². The first-order valence-electron chi connectivity index (χ1n) is 9.19. The Balaban J connectivity index is 1.36. The lowest BCUT2D eigenvalue weighted by Gasteiger charge is -2.38. The molecule has 1 amide bonds. The van der Waals surface area contributed by atoms with Crippen molar-refractivity contribution in [2.45, 2.75) is 31.4 Å². The van der Waals surface area contributed by atoms with Crippen molar-refractivity contribution in [1.82, 2.24) is 9.62 Å². The fourth-order valence-electron chi connectivity index (χ4n) is 3.71. The first kappa shape index (κ1) is 19.3. The second kappa shape index (κ2) is 7.44. The van der Waals surface area contributed by atoms with Gasteiger partial charge in [0.15, 0.2) is 0 Å². The number of rotatable bonds is 5. The lowest BCUT2D eigenvalue weighted by Crippen LogP contribution is -2.45. The molecular weight excluding hydrogens is 396 g/mol. The van der Waals surface area contributed by atoms with Crippen LogP contribution in [0.5, 0.6) is 0 Å². The quantitative estimate of drug-likeness (QED) is 0.777. The van der Waals surface area contributed by atoms with Crippen LogP contribution in [0.15, 0.2) is 48.5 Å². The Morgan fingerprint density at radius 2 is 1.82 bits per heavy atom. The van der Waals surface area contributed by atoms with Gasteiger partial charge in [-0.2, -0.15) is 0 Å². The van der Waals surface area contributed by atoms with E-state index in [1.54, 1.807) is 6.07 Å². The number of hydrogen-bond acceptors (Lipinski definition) is 6. The molecule has 0 saturated carbocycles. The minimum absolute atomic E-state index is 0.0460. The standard InChI is InChI=1S/C20H22N2O4S2/c23-19-12-18(28(25,26)21-19)17-7-6-16(27-17)14-22-10-8-20(24,9-11-22)13-15-4-2-1-3-5-15/h1-7,12,24H,8-11,13-14H2,(H,21,23). The van der Waals surface area contributed by atoms with Crippen molar-refractivity contribution in [2.75, 3.05) is 13.1 Å². The van der Waals surface area contributed by atoms with Gasteiger partial charge in [-0.25, -0.2) is 13.1 Å². The fraction of sp³-hybridized carbons (Fsp3) is 0.350. The zero-order valence-electron chi connectivity index (χ0n) is 15.3. The van der Waals surface area contributed by atoms with Gasteiger partial charge in [-0.15, -0.1) is 11.3 Å². The number of benzene rings is 1. The highest BCUT2D eigenvalue weighted by Crippen LogP contribution is 2.32. The van der Waals surface area contributed by atoms with E-state index in [1.165, 1.54) is 11.3 Å². The molecular formula is C20H22N2O4S2. The summed E-state index contributed by atoms with van der Waals surface area (Å²) in [5.41, 5.74) is 0.475. The Hall–Kier alpha value is -2.00. The van der Waals surface area contributed by atoms with Gasteiger partial charge in [0.25, 0.3) is 15.9 Å². The Morgan fingerprint density at radius 3 is 2.46 bits per heavy atom. The summed E-state index contributed by atoms with van der Waals surface area (Å²) in [6, 6.07) is 13.7. The van der Waals surface area contributed by atoms with Gasteiger partial charge in [-0.1, -0.05) is 30.3 Å². The predicted molar refractivity (Wildman–Crippen MR) is 109 cm³/mol. The van der Waals surface area contributed by atoms with Crippen molar-refractivity contribution < 1.29 is 18.3 Å². The van der Waals surface area contributed by atoms with Crippen LogP contribution >= 0.6 is 11.3 Å². The molecule has 2 aliphatic rings. The van der Waals surface area contributed by atoms with Crippen molar-refractivity contribution >= 4 is 32.2 Å². The summed E-state index contributed by atoms with van der Waals surface area (Å²) in [5.74, 6) is -0.598. The highest BCUT2D eigenvalue weighted by Gasteiger charge is 2.33. The second-order valence-electron chi connectivity index (χ2n) is 7.41. The van der Waals surface area contributed by atoms with Crippen molar-refractivity contribution in [1.29, 1.82) is 0 Å². The van der Waals surface area contributed by atoms with Crippen LogP contribution in [0.1, 0.15) is 28.2 Å². The lowest BCUT2D eigenvalue weighted by molar-refractivity contribution is -0.114. The van der Waals surface area contributed by atoms with E-state index in [-0.39, 0.29) is 4.91 Å². The number of amides is 1. The van der Waals surface area contributed by atoms with Gasteiger partial charge < -0.3 is 5.11 Å². The smallest absolute Gasteiger partial charge is 0.265 e. The molecule has 3 heterocycles. The van der Waals surface area contributed by atoms with E-state index in [4.69, 9.17) is 0 Å². The molecule has 8 heteroatoms. The Bertz CT molecular complexity index is 1000. The van der Waals surface area contributed by atoms with E-state index in [2.05, 4.69) is 4.90 Å². The first-order valence-corrected chi connectivity index (χ1v) is 11.5. The van der Waals surface area contributed by atoms with Crippen LogP contribution in [0.3, 0.4) is 0 Å². The molecule has 1 aromatic heterocycles. The minimum Gasteiger partial charge on any atom is -0.389 e. The molecule has 0 spiro atoms. The van der Waals surface area contributed by atoms with Gasteiger partial charge in [-0.3, -0.25) is 9.69 Å². The number of piperidine rings is 1. The van der Waals surface area contributed by atoms with E-state index in [9.17, 15) is 18.3 Å². The maximum Gasteiger partial charge on any atom is 0.265 e. The van der Waals surface area contributed by atoms with E-state index < -0.39 is 21.5 Å². The summed E-state index contributed by atoms with van der Waals surface area (Å²) in [6.07, 6.45) is 3.21. The predicted octanol–water partition coefficient (Wildman–Crippen LogP) is 2.12. The van der Waals surface area contributed by atoms with Gasteiger partial charge in [-0.05, 0) is 30.5 Å². The zero-order chi connectivity index (χ0) is 19.8. The van der Waals surface area contributed by atoms with E-state index in [0.29, 0.717) is 30.7 Å². The summed E-state index contributed by atoms with van der Waals surface area (Å²) in [6.45, 7) is 2.29. The normalized spacial score (nSPS) is 21.3. The molecule has 0 aliphatic carbocycles. The number of nitrogens with one attached hydrogen (secondary N) is 1. The summed E-state index contributed by atoms with van der Waals surface area (Å²) >= 11 is 1.39. The number of aliphatic hydroxyl groups is 1. The maximum atomic E-state index is 12.0. The Kier molecular flexibility index (Phi) is 5.13. The van der Waals surface area contributed by atoms with Crippen molar-refractivity contribution in [3.05, 3.63) is 63.9 Å². The number of carbonyl (C=O) groups excluding carboxylic acids is 1. The van der Waals surface area contributed by atoms with E-state index >= 15 is 0 Å². The molecule has 0 unspecified atom stereocenters. The number of thiophene rings is 1. The van der Waals surface area contributed by atoms with Crippen LogP contribution in [-0.4, -0.2) is 43.0 Å². The highest BCUT2D eigenvalue weighted by atomic mass is 32.2. The largest absolute Gasteiger partial charge is 0.389 e. The molecule has 4 rings (SSSR count). The minimum atomic E-state index is -3.73. The Labute approximate surface area is 168 Å². The number of nitrogens with zero attached hydrogens (tertiary/aromatic N) is 1. The van der Waals surface area contributed by atoms with Gasteiger partial charge >= 0.3 is 0 Å². The molecule has 2 N–H and O–H groups in total. The monoisotopic (exact) mass is 418 g/mol. The first-order chi connectivity index (χ1) is 13.3. The number of likely N-dealkylation sites (tertiary alicyclic amines) is 1. The Morgan fingerprint density at radius 1 is 1.11 bits per heavy atom. The third kappa shape index (κ3) is 4.20. The molecule has 148 valence electrons. The van der Waals surface area contributed by atoms with Gasteiger partial charge in [0, 0.05) is 41.9 Å². The molecule has 6 nitrogen and oxygen atoms in total. The molecule has 2 aliphatic heterocycles. The molecule has 0 radical (unpaired) electrons. The van der Waals surface area contributed by atoms with Gasteiger partial charge in [0.05, 0.1) is 5.60 Å². The molecule has 0 bridgehead atoms. The average Bonchev–Trinajstić information content (AvgIpc) is 3.20. The van der Waals surface area contributed by atoms with E-state index in [0.717, 1.165) is 29.6 Å². The summed E-state index contributed by atoms with van der Waals surface area (Å²) in [5, 5.41) is 10.9. The van der Waals surface area contributed by atoms with Gasteiger partial charge in [0.1, 0.15) is 4.91 Å². The third-order valence-corrected chi connectivity index (χ3v) is 7.85. The summed E-state index contributed by atoms with van der Waals surface area (Å²) < 4.78 is 25.9. The van der Waals surface area contributed by atoms with Crippen LogP contribution in [-0.2, 0) is 27.8 Å². The highest BCUT2D eigenvalue weighted by molar-refractivity contribution is 8.00. The number of carbonyl (C=O) groups is 1. The topological polar surface area (TPSA) is 86.7 Å². The van der Waals surface area contributed by atoms with Crippen molar-refractivity contribution in [3.63, 3.8) is 0 Å².